The van der Waals surface area contributed by atoms with Gasteiger partial charge in [-0.15, -0.1) is 0 Å². The first-order valence-corrected chi connectivity index (χ1v) is 8.73. The van der Waals surface area contributed by atoms with Crippen LogP contribution in [-0.2, 0) is 11.2 Å². The molecule has 6 heteroatoms. The van der Waals surface area contributed by atoms with E-state index in [0.717, 1.165) is 16.5 Å². The van der Waals surface area contributed by atoms with Crippen LogP contribution >= 0.6 is 0 Å². The second kappa shape index (κ2) is 6.78. The summed E-state index contributed by atoms with van der Waals surface area (Å²) >= 11 is 0. The highest BCUT2D eigenvalue weighted by Gasteiger charge is 2.26. The van der Waals surface area contributed by atoms with Gasteiger partial charge in [-0.25, -0.2) is 4.79 Å². The summed E-state index contributed by atoms with van der Waals surface area (Å²) in [5, 5.41) is 4.07. The minimum absolute atomic E-state index is 0.0590. The summed E-state index contributed by atoms with van der Waals surface area (Å²) in [5.74, 6) is 0.112. The first-order valence-electron chi connectivity index (χ1n) is 8.73. The van der Waals surface area contributed by atoms with Gasteiger partial charge in [0.25, 0.3) is 0 Å². The Morgan fingerprint density at radius 2 is 1.72 bits per heavy atom. The zero-order valence-corrected chi connectivity index (χ0v) is 15.1. The van der Waals surface area contributed by atoms with Crippen molar-refractivity contribution >= 4 is 22.8 Å². The summed E-state index contributed by atoms with van der Waals surface area (Å²) in [6.45, 7) is 8.20. The molecule has 2 N–H and O–H groups in total. The Balaban J connectivity index is 1.56. The van der Waals surface area contributed by atoms with Crippen LogP contribution in [0.15, 0.2) is 30.5 Å². The maximum Gasteiger partial charge on any atom is 0.317 e. The number of aromatic nitrogens is 1. The van der Waals surface area contributed by atoms with Gasteiger partial charge in [-0.3, -0.25) is 4.79 Å². The van der Waals surface area contributed by atoms with Gasteiger partial charge in [0.15, 0.2) is 0 Å². The molecule has 0 spiro atoms. The molecule has 3 amide bonds. The van der Waals surface area contributed by atoms with Crippen LogP contribution in [0.2, 0.25) is 0 Å². The molecule has 3 rings (SSSR count). The van der Waals surface area contributed by atoms with Gasteiger partial charge in [0, 0.05) is 48.8 Å². The molecule has 0 unspecified atom stereocenters. The molecule has 1 aliphatic rings. The minimum Gasteiger partial charge on any atom is -0.361 e. The Morgan fingerprint density at radius 3 is 2.40 bits per heavy atom. The van der Waals surface area contributed by atoms with E-state index in [-0.39, 0.29) is 17.5 Å². The molecule has 1 aromatic heterocycles. The molecule has 1 aromatic carbocycles. The summed E-state index contributed by atoms with van der Waals surface area (Å²) in [6.07, 6.45) is 2.30. The Labute approximate surface area is 148 Å². The van der Waals surface area contributed by atoms with Crippen LogP contribution in [0.25, 0.3) is 10.9 Å². The number of urea groups is 1. The standard InChI is InChI=1S/C19H26N4O2/c1-19(2,3)21-18(25)23-10-8-22(9-11-23)17(24)12-14-13-20-16-7-5-4-6-15(14)16/h4-7,13,20H,8-12H2,1-3H3,(H,21,25). The van der Waals surface area contributed by atoms with E-state index in [9.17, 15) is 9.59 Å². The Morgan fingerprint density at radius 1 is 1.08 bits per heavy atom. The van der Waals surface area contributed by atoms with E-state index in [2.05, 4.69) is 10.3 Å². The molecule has 0 aliphatic carbocycles. The van der Waals surface area contributed by atoms with Crippen molar-refractivity contribution < 1.29 is 9.59 Å². The van der Waals surface area contributed by atoms with Crippen LogP contribution < -0.4 is 5.32 Å². The second-order valence-corrected chi connectivity index (χ2v) is 7.58. The number of fused-ring (bicyclic) bond motifs is 1. The summed E-state index contributed by atoms with van der Waals surface area (Å²) in [7, 11) is 0. The predicted molar refractivity (Wildman–Crippen MR) is 98.4 cm³/mol. The number of aromatic amines is 1. The van der Waals surface area contributed by atoms with E-state index in [0.29, 0.717) is 32.6 Å². The van der Waals surface area contributed by atoms with E-state index < -0.39 is 0 Å². The van der Waals surface area contributed by atoms with Crippen molar-refractivity contribution in [3.8, 4) is 0 Å². The summed E-state index contributed by atoms with van der Waals surface area (Å²) < 4.78 is 0. The van der Waals surface area contributed by atoms with Gasteiger partial charge in [-0.1, -0.05) is 18.2 Å². The molecular weight excluding hydrogens is 316 g/mol. The van der Waals surface area contributed by atoms with Crippen LogP contribution in [0.5, 0.6) is 0 Å². The molecular formula is C19H26N4O2. The molecule has 2 heterocycles. The largest absolute Gasteiger partial charge is 0.361 e. The quantitative estimate of drug-likeness (QED) is 0.880. The van der Waals surface area contributed by atoms with Crippen molar-refractivity contribution in [1.82, 2.24) is 20.1 Å². The van der Waals surface area contributed by atoms with Crippen molar-refractivity contribution in [2.75, 3.05) is 26.2 Å². The molecule has 134 valence electrons. The monoisotopic (exact) mass is 342 g/mol. The maximum atomic E-state index is 12.6. The van der Waals surface area contributed by atoms with Crippen LogP contribution in [0.3, 0.4) is 0 Å². The Bertz CT molecular complexity index is 767. The lowest BCUT2D eigenvalue weighted by Gasteiger charge is -2.36. The van der Waals surface area contributed by atoms with Crippen LogP contribution in [0, 0.1) is 0 Å². The number of para-hydroxylation sites is 1. The number of H-pyrrole nitrogens is 1. The molecule has 1 aliphatic heterocycles. The summed E-state index contributed by atoms with van der Waals surface area (Å²) in [4.78, 5) is 31.6. The van der Waals surface area contributed by atoms with E-state index in [1.54, 1.807) is 4.90 Å². The first-order chi connectivity index (χ1) is 11.8. The number of amides is 3. The van der Waals surface area contributed by atoms with E-state index in [1.807, 2.05) is 56.1 Å². The zero-order valence-electron chi connectivity index (χ0n) is 15.1. The third-order valence-electron chi connectivity index (χ3n) is 4.42. The van der Waals surface area contributed by atoms with Gasteiger partial charge >= 0.3 is 6.03 Å². The molecule has 0 saturated carbocycles. The second-order valence-electron chi connectivity index (χ2n) is 7.58. The number of benzene rings is 1. The number of rotatable bonds is 2. The number of carbonyl (C=O) groups is 2. The highest BCUT2D eigenvalue weighted by atomic mass is 16.2. The average Bonchev–Trinajstić information content (AvgIpc) is 2.96. The average molecular weight is 342 g/mol. The molecule has 0 atom stereocenters. The van der Waals surface area contributed by atoms with E-state index in [4.69, 9.17) is 0 Å². The van der Waals surface area contributed by atoms with Crippen molar-refractivity contribution in [2.24, 2.45) is 0 Å². The molecule has 0 bridgehead atoms. The lowest BCUT2D eigenvalue weighted by atomic mass is 10.1. The van der Waals surface area contributed by atoms with Gasteiger partial charge in [0.05, 0.1) is 6.42 Å². The molecule has 2 aromatic rings. The summed E-state index contributed by atoms with van der Waals surface area (Å²) in [6, 6.07) is 7.94. The van der Waals surface area contributed by atoms with E-state index in [1.165, 1.54) is 0 Å². The topological polar surface area (TPSA) is 68.4 Å². The van der Waals surface area contributed by atoms with E-state index >= 15 is 0 Å². The molecule has 25 heavy (non-hydrogen) atoms. The third kappa shape index (κ3) is 4.13. The van der Waals surface area contributed by atoms with Crippen LogP contribution in [0.4, 0.5) is 4.79 Å². The fourth-order valence-corrected chi connectivity index (χ4v) is 3.11. The lowest BCUT2D eigenvalue weighted by molar-refractivity contribution is -0.131. The van der Waals surface area contributed by atoms with Crippen molar-refractivity contribution in [3.05, 3.63) is 36.0 Å². The first kappa shape index (κ1) is 17.3. The van der Waals surface area contributed by atoms with Crippen LogP contribution in [-0.4, -0.2) is 58.4 Å². The van der Waals surface area contributed by atoms with Crippen molar-refractivity contribution in [2.45, 2.75) is 32.7 Å². The van der Waals surface area contributed by atoms with Crippen LogP contribution in [0.1, 0.15) is 26.3 Å². The molecule has 1 fully saturated rings. The molecule has 1 saturated heterocycles. The van der Waals surface area contributed by atoms with Gasteiger partial charge in [0.1, 0.15) is 0 Å². The zero-order chi connectivity index (χ0) is 18.0. The van der Waals surface area contributed by atoms with Gasteiger partial charge in [0.2, 0.25) is 5.91 Å². The lowest BCUT2D eigenvalue weighted by Crippen LogP contribution is -2.56. The smallest absolute Gasteiger partial charge is 0.317 e. The normalized spacial score (nSPS) is 15.5. The minimum atomic E-state index is -0.251. The highest BCUT2D eigenvalue weighted by Crippen LogP contribution is 2.19. The molecule has 0 radical (unpaired) electrons. The summed E-state index contributed by atoms with van der Waals surface area (Å²) in [5.41, 5.74) is 1.82. The van der Waals surface area contributed by atoms with Crippen molar-refractivity contribution in [3.63, 3.8) is 0 Å². The fourth-order valence-electron chi connectivity index (χ4n) is 3.11. The maximum absolute atomic E-state index is 12.6. The van der Waals surface area contributed by atoms with Gasteiger partial charge < -0.3 is 20.1 Å². The fraction of sp³-hybridized carbons (Fsp3) is 0.474. The number of hydrogen-bond acceptors (Lipinski definition) is 2. The number of hydrogen-bond donors (Lipinski definition) is 2. The van der Waals surface area contributed by atoms with Gasteiger partial charge in [-0.2, -0.15) is 0 Å². The van der Waals surface area contributed by atoms with Crippen molar-refractivity contribution in [1.29, 1.82) is 0 Å². The predicted octanol–water partition coefficient (Wildman–Crippen LogP) is 2.36. The molecule has 6 nitrogen and oxygen atoms in total. The number of nitrogens with one attached hydrogen (secondary N) is 2. The Hall–Kier alpha value is -2.50. The highest BCUT2D eigenvalue weighted by molar-refractivity contribution is 5.89. The number of carbonyl (C=O) groups excluding carboxylic acids is 2. The SMILES string of the molecule is CC(C)(C)NC(=O)N1CCN(C(=O)Cc2c[nH]c3ccccc23)CC1. The van der Waals surface area contributed by atoms with Gasteiger partial charge in [-0.05, 0) is 32.4 Å². The Kier molecular flexibility index (Phi) is 4.70. The number of nitrogens with zero attached hydrogens (tertiary/aromatic N) is 2. The third-order valence-corrected chi connectivity index (χ3v) is 4.42. The number of piperazine rings is 1.